The lowest BCUT2D eigenvalue weighted by Gasteiger charge is -2.05. The largest absolute Gasteiger partial charge is 0.460 e. The monoisotopic (exact) mass is 327 g/mol. The fourth-order valence-electron chi connectivity index (χ4n) is 2.35. The minimum Gasteiger partial charge on any atom is -0.460 e. The molecule has 6 heteroatoms. The van der Waals surface area contributed by atoms with Gasteiger partial charge in [0.1, 0.15) is 6.61 Å². The summed E-state index contributed by atoms with van der Waals surface area (Å²) >= 11 is 1.60. The van der Waals surface area contributed by atoms with E-state index in [9.17, 15) is 14.9 Å². The Bertz CT molecular complexity index is 872. The molecule has 0 fully saturated rings. The summed E-state index contributed by atoms with van der Waals surface area (Å²) in [6.07, 6.45) is -0.112. The van der Waals surface area contributed by atoms with Crippen LogP contribution in [0.1, 0.15) is 11.1 Å². The number of carbonyl (C=O) groups is 1. The quantitative estimate of drug-likeness (QED) is 0.402. The van der Waals surface area contributed by atoms with Crippen molar-refractivity contribution in [3.05, 3.63) is 75.2 Å². The Balaban J connectivity index is 1.68. The zero-order valence-corrected chi connectivity index (χ0v) is 12.9. The molecule has 0 unspecified atom stereocenters. The fraction of sp³-hybridized carbons (Fsp3) is 0.118. The van der Waals surface area contributed by atoms with E-state index in [-0.39, 0.29) is 18.7 Å². The highest BCUT2D eigenvalue weighted by atomic mass is 32.1. The summed E-state index contributed by atoms with van der Waals surface area (Å²) in [5.74, 6) is -0.477. The van der Waals surface area contributed by atoms with Gasteiger partial charge in [0.05, 0.1) is 11.3 Å². The minimum absolute atomic E-state index is 0.0644. The third kappa shape index (κ3) is 3.37. The summed E-state index contributed by atoms with van der Waals surface area (Å²) in [4.78, 5) is 22.4. The number of hydrogen-bond donors (Lipinski definition) is 0. The van der Waals surface area contributed by atoms with Gasteiger partial charge >= 0.3 is 5.97 Å². The van der Waals surface area contributed by atoms with Gasteiger partial charge in [0, 0.05) is 21.9 Å². The normalized spacial score (nSPS) is 10.6. The maximum atomic E-state index is 12.0. The molecule has 0 bridgehead atoms. The van der Waals surface area contributed by atoms with E-state index in [1.165, 1.54) is 6.07 Å². The van der Waals surface area contributed by atoms with Crippen molar-refractivity contribution in [2.24, 2.45) is 0 Å². The number of fused-ring (bicyclic) bond motifs is 1. The van der Waals surface area contributed by atoms with E-state index in [0.29, 0.717) is 5.56 Å². The van der Waals surface area contributed by atoms with Crippen LogP contribution in [0.3, 0.4) is 0 Å². The Kier molecular flexibility index (Phi) is 4.34. The van der Waals surface area contributed by atoms with Crippen LogP contribution in [-0.2, 0) is 22.6 Å². The summed E-state index contributed by atoms with van der Waals surface area (Å²) < 4.78 is 6.41. The molecule has 3 rings (SSSR count). The smallest absolute Gasteiger partial charge is 0.310 e. The maximum absolute atomic E-state index is 12.0. The molecule has 1 aromatic heterocycles. The number of nitrogens with zero attached hydrogens (tertiary/aromatic N) is 1. The predicted molar refractivity (Wildman–Crippen MR) is 88.4 cm³/mol. The van der Waals surface area contributed by atoms with Crippen molar-refractivity contribution >= 4 is 33.1 Å². The van der Waals surface area contributed by atoms with Gasteiger partial charge in [0.15, 0.2) is 0 Å². The van der Waals surface area contributed by atoms with Gasteiger partial charge in [-0.1, -0.05) is 36.4 Å². The molecule has 116 valence electrons. The molecular weight excluding hydrogens is 314 g/mol. The lowest BCUT2D eigenvalue weighted by Crippen LogP contribution is -2.09. The Morgan fingerprint density at radius 1 is 1.09 bits per heavy atom. The molecule has 0 aliphatic rings. The molecule has 0 aliphatic heterocycles. The van der Waals surface area contributed by atoms with Gasteiger partial charge in [-0.15, -0.1) is 11.3 Å². The molecule has 3 aromatic rings. The second kappa shape index (κ2) is 6.58. The number of ether oxygens (including phenoxy) is 1. The van der Waals surface area contributed by atoms with Crippen LogP contribution in [0.5, 0.6) is 0 Å². The number of hydrogen-bond acceptors (Lipinski definition) is 5. The summed E-state index contributed by atoms with van der Waals surface area (Å²) in [6.45, 7) is 0.170. The molecule has 0 aliphatic carbocycles. The van der Waals surface area contributed by atoms with Crippen molar-refractivity contribution in [3.63, 3.8) is 0 Å². The van der Waals surface area contributed by atoms with Gasteiger partial charge in [-0.25, -0.2) is 0 Å². The van der Waals surface area contributed by atoms with E-state index in [4.69, 9.17) is 4.74 Å². The average molecular weight is 327 g/mol. The fourth-order valence-corrected chi connectivity index (χ4v) is 3.30. The molecule has 0 spiro atoms. The Hall–Kier alpha value is -2.73. The van der Waals surface area contributed by atoms with Crippen LogP contribution in [-0.4, -0.2) is 10.9 Å². The average Bonchev–Trinajstić information content (AvgIpc) is 2.96. The lowest BCUT2D eigenvalue weighted by atomic mass is 10.1. The van der Waals surface area contributed by atoms with Crippen molar-refractivity contribution in [2.45, 2.75) is 13.0 Å². The van der Waals surface area contributed by atoms with E-state index in [1.54, 1.807) is 29.5 Å². The van der Waals surface area contributed by atoms with Crippen LogP contribution in [0, 0.1) is 10.1 Å². The maximum Gasteiger partial charge on any atom is 0.310 e. The number of nitro benzene ring substituents is 1. The molecule has 0 amide bonds. The molecule has 2 aromatic carbocycles. The van der Waals surface area contributed by atoms with E-state index in [2.05, 4.69) is 0 Å². The Morgan fingerprint density at radius 3 is 2.65 bits per heavy atom. The predicted octanol–water partition coefficient (Wildman–Crippen LogP) is 4.10. The van der Waals surface area contributed by atoms with Gasteiger partial charge in [0.2, 0.25) is 0 Å². The first-order chi connectivity index (χ1) is 11.1. The van der Waals surface area contributed by atoms with Crippen LogP contribution >= 0.6 is 11.3 Å². The molecular formula is C17H13NO4S. The Labute approximate surface area is 136 Å². The van der Waals surface area contributed by atoms with Crippen LogP contribution in [0.4, 0.5) is 5.69 Å². The van der Waals surface area contributed by atoms with Crippen LogP contribution in [0.2, 0.25) is 0 Å². The Morgan fingerprint density at radius 2 is 1.83 bits per heavy atom. The second-order valence-corrected chi connectivity index (χ2v) is 5.89. The van der Waals surface area contributed by atoms with Gasteiger partial charge in [-0.2, -0.15) is 0 Å². The summed E-state index contributed by atoms with van der Waals surface area (Å²) in [5.41, 5.74) is 1.24. The van der Waals surface area contributed by atoms with Crippen LogP contribution in [0.15, 0.2) is 53.9 Å². The molecule has 0 saturated heterocycles. The zero-order chi connectivity index (χ0) is 16.2. The van der Waals surface area contributed by atoms with Gasteiger partial charge < -0.3 is 4.74 Å². The number of carbonyl (C=O) groups excluding carboxylic acids is 1. The van der Waals surface area contributed by atoms with E-state index in [1.807, 2.05) is 29.6 Å². The van der Waals surface area contributed by atoms with E-state index in [0.717, 1.165) is 15.6 Å². The van der Waals surface area contributed by atoms with Crippen molar-refractivity contribution in [2.75, 3.05) is 0 Å². The van der Waals surface area contributed by atoms with Crippen LogP contribution in [0.25, 0.3) is 10.1 Å². The first kappa shape index (κ1) is 15.2. The molecule has 23 heavy (non-hydrogen) atoms. The number of benzene rings is 2. The van der Waals surface area contributed by atoms with Gasteiger partial charge in [0.25, 0.3) is 5.69 Å². The summed E-state index contributed by atoms with van der Waals surface area (Å²) in [5, 5.41) is 14.0. The highest BCUT2D eigenvalue weighted by Gasteiger charge is 2.16. The van der Waals surface area contributed by atoms with E-state index >= 15 is 0 Å². The first-order valence-electron chi connectivity index (χ1n) is 6.98. The second-order valence-electron chi connectivity index (χ2n) is 4.98. The minimum atomic E-state index is -0.491. The van der Waals surface area contributed by atoms with Gasteiger partial charge in [-0.3, -0.25) is 14.9 Å². The molecule has 0 saturated carbocycles. The molecule has 0 atom stereocenters. The van der Waals surface area contributed by atoms with Crippen LogP contribution < -0.4 is 0 Å². The third-order valence-corrected chi connectivity index (χ3v) is 4.49. The van der Waals surface area contributed by atoms with Crippen molar-refractivity contribution in [1.29, 1.82) is 0 Å². The van der Waals surface area contributed by atoms with Crippen molar-refractivity contribution in [3.8, 4) is 0 Å². The number of nitro groups is 1. The highest BCUT2D eigenvalue weighted by Crippen LogP contribution is 2.26. The summed E-state index contributed by atoms with van der Waals surface area (Å²) in [7, 11) is 0. The van der Waals surface area contributed by atoms with Crippen molar-refractivity contribution < 1.29 is 14.5 Å². The van der Waals surface area contributed by atoms with Crippen molar-refractivity contribution in [1.82, 2.24) is 0 Å². The molecule has 5 nitrogen and oxygen atoms in total. The topological polar surface area (TPSA) is 69.4 Å². The summed E-state index contributed by atoms with van der Waals surface area (Å²) in [6, 6.07) is 14.1. The number of esters is 1. The SMILES string of the molecule is O=C(Cc1ccccc1[N+](=O)[O-])OCc1csc2ccccc12. The number of rotatable bonds is 5. The lowest BCUT2D eigenvalue weighted by molar-refractivity contribution is -0.385. The molecule has 0 N–H and O–H groups in total. The first-order valence-corrected chi connectivity index (χ1v) is 7.86. The third-order valence-electron chi connectivity index (χ3n) is 3.47. The molecule has 0 radical (unpaired) electrons. The molecule has 1 heterocycles. The van der Waals surface area contributed by atoms with E-state index < -0.39 is 10.9 Å². The standard InChI is InChI=1S/C17H13NO4S/c19-17(9-12-5-1-3-7-15(12)18(20)21)22-10-13-11-23-16-8-4-2-6-14(13)16/h1-8,11H,9-10H2. The highest BCUT2D eigenvalue weighted by molar-refractivity contribution is 7.17. The van der Waals surface area contributed by atoms with Gasteiger partial charge in [-0.05, 0) is 16.8 Å². The number of thiophene rings is 1. The zero-order valence-electron chi connectivity index (χ0n) is 12.1. The number of para-hydroxylation sites is 1.